The Labute approximate surface area is 118 Å². The Balaban J connectivity index is 1.53. The van der Waals surface area contributed by atoms with E-state index in [1.807, 2.05) is 23.1 Å². The molecule has 0 radical (unpaired) electrons. The van der Waals surface area contributed by atoms with Gasteiger partial charge in [-0.05, 0) is 49.4 Å². The number of hydrogen-bond acceptors (Lipinski definition) is 4. The molecule has 4 heteroatoms. The highest BCUT2D eigenvalue weighted by Gasteiger charge is 2.25. The quantitative estimate of drug-likeness (QED) is 0.911. The van der Waals surface area contributed by atoms with Crippen LogP contribution in [0.2, 0.25) is 0 Å². The molecule has 0 saturated carbocycles. The van der Waals surface area contributed by atoms with Crippen LogP contribution in [0.4, 0.5) is 0 Å². The smallest absolute Gasteiger partial charge is 0.0649 e. The highest BCUT2D eigenvalue weighted by molar-refractivity contribution is 8.01. The van der Waals surface area contributed by atoms with E-state index in [1.165, 1.54) is 43.1 Å². The van der Waals surface area contributed by atoms with Crippen LogP contribution in [0.3, 0.4) is 0 Å². The van der Waals surface area contributed by atoms with Crippen LogP contribution in [-0.4, -0.2) is 36.3 Å². The van der Waals surface area contributed by atoms with Gasteiger partial charge in [-0.25, -0.2) is 0 Å². The number of likely N-dealkylation sites (tertiary alicyclic amines) is 1. The SMILES string of the molecule is C[C@H]1CC(NCCN2CCCC2)c2ccsc2S1. The maximum absolute atomic E-state index is 3.77. The normalized spacial score (nSPS) is 28.5. The fourth-order valence-corrected chi connectivity index (χ4v) is 5.51. The predicted molar refractivity (Wildman–Crippen MR) is 80.7 cm³/mol. The van der Waals surface area contributed by atoms with Crippen molar-refractivity contribution < 1.29 is 0 Å². The second-order valence-corrected chi connectivity index (χ2v) is 8.01. The Bertz CT molecular complexity index is 385. The summed E-state index contributed by atoms with van der Waals surface area (Å²) >= 11 is 3.95. The van der Waals surface area contributed by atoms with Gasteiger partial charge < -0.3 is 10.2 Å². The van der Waals surface area contributed by atoms with Crippen LogP contribution in [0.15, 0.2) is 15.7 Å². The number of thiophene rings is 1. The number of nitrogens with one attached hydrogen (secondary N) is 1. The highest BCUT2D eigenvalue weighted by Crippen LogP contribution is 2.43. The summed E-state index contributed by atoms with van der Waals surface area (Å²) in [5.74, 6) is 0. The minimum atomic E-state index is 0.588. The van der Waals surface area contributed by atoms with Gasteiger partial charge in [0.05, 0.1) is 4.21 Å². The number of nitrogens with zero attached hydrogens (tertiary/aromatic N) is 1. The van der Waals surface area contributed by atoms with Gasteiger partial charge >= 0.3 is 0 Å². The molecule has 0 amide bonds. The minimum Gasteiger partial charge on any atom is -0.309 e. The highest BCUT2D eigenvalue weighted by atomic mass is 32.2. The summed E-state index contributed by atoms with van der Waals surface area (Å²) in [6.45, 7) is 7.32. The summed E-state index contributed by atoms with van der Waals surface area (Å²) < 4.78 is 1.53. The van der Waals surface area contributed by atoms with Gasteiger partial charge in [0, 0.05) is 24.4 Å². The molecule has 3 heterocycles. The van der Waals surface area contributed by atoms with E-state index in [0.717, 1.165) is 11.8 Å². The van der Waals surface area contributed by atoms with Crippen LogP contribution in [0.25, 0.3) is 0 Å². The van der Waals surface area contributed by atoms with Crippen LogP contribution < -0.4 is 5.32 Å². The van der Waals surface area contributed by atoms with Crippen molar-refractivity contribution in [2.45, 2.75) is 41.7 Å². The lowest BCUT2D eigenvalue weighted by molar-refractivity contribution is 0.324. The van der Waals surface area contributed by atoms with E-state index in [4.69, 9.17) is 0 Å². The number of thioether (sulfide) groups is 1. The Morgan fingerprint density at radius 2 is 2.22 bits per heavy atom. The zero-order valence-electron chi connectivity index (χ0n) is 11.0. The molecule has 0 aromatic carbocycles. The van der Waals surface area contributed by atoms with Crippen molar-refractivity contribution in [3.8, 4) is 0 Å². The van der Waals surface area contributed by atoms with E-state index in [9.17, 15) is 0 Å². The van der Waals surface area contributed by atoms with Crippen molar-refractivity contribution in [2.24, 2.45) is 0 Å². The van der Waals surface area contributed by atoms with Crippen LogP contribution in [0, 0.1) is 0 Å². The summed E-state index contributed by atoms with van der Waals surface area (Å²) in [6.07, 6.45) is 4.06. The molecular weight excluding hydrogens is 260 g/mol. The van der Waals surface area contributed by atoms with Gasteiger partial charge in [-0.15, -0.1) is 23.1 Å². The first kappa shape index (κ1) is 13.0. The Morgan fingerprint density at radius 3 is 3.06 bits per heavy atom. The summed E-state index contributed by atoms with van der Waals surface area (Å²) in [7, 11) is 0. The molecule has 1 aromatic heterocycles. The fourth-order valence-electron chi connectivity index (χ4n) is 2.95. The molecule has 2 atom stereocenters. The molecule has 2 aliphatic heterocycles. The van der Waals surface area contributed by atoms with Crippen molar-refractivity contribution in [1.82, 2.24) is 10.2 Å². The van der Waals surface area contributed by atoms with E-state index >= 15 is 0 Å². The van der Waals surface area contributed by atoms with Crippen LogP contribution in [-0.2, 0) is 0 Å². The second kappa shape index (κ2) is 5.95. The van der Waals surface area contributed by atoms with Crippen LogP contribution >= 0.6 is 23.1 Å². The summed E-state index contributed by atoms with van der Waals surface area (Å²) in [6, 6.07) is 2.90. The molecule has 1 fully saturated rings. The fraction of sp³-hybridized carbons (Fsp3) is 0.714. The van der Waals surface area contributed by atoms with Crippen molar-refractivity contribution in [1.29, 1.82) is 0 Å². The molecular formula is C14H22N2S2. The van der Waals surface area contributed by atoms with Gasteiger partial charge in [0.25, 0.3) is 0 Å². The van der Waals surface area contributed by atoms with Crippen LogP contribution in [0.1, 0.15) is 37.8 Å². The summed E-state index contributed by atoms with van der Waals surface area (Å²) in [5.41, 5.74) is 1.55. The summed E-state index contributed by atoms with van der Waals surface area (Å²) in [5, 5.41) is 6.76. The molecule has 2 nitrogen and oxygen atoms in total. The molecule has 100 valence electrons. The van der Waals surface area contributed by atoms with E-state index in [2.05, 4.69) is 28.6 Å². The maximum atomic E-state index is 3.77. The van der Waals surface area contributed by atoms with Crippen molar-refractivity contribution in [2.75, 3.05) is 26.2 Å². The largest absolute Gasteiger partial charge is 0.309 e. The van der Waals surface area contributed by atoms with E-state index < -0.39 is 0 Å². The molecule has 0 spiro atoms. The molecule has 0 bridgehead atoms. The maximum Gasteiger partial charge on any atom is 0.0649 e. The van der Waals surface area contributed by atoms with Crippen molar-refractivity contribution in [3.05, 3.63) is 17.0 Å². The Morgan fingerprint density at radius 1 is 1.39 bits per heavy atom. The average Bonchev–Trinajstić information content (AvgIpc) is 2.98. The van der Waals surface area contributed by atoms with Gasteiger partial charge in [0.1, 0.15) is 0 Å². The number of fused-ring (bicyclic) bond motifs is 1. The lowest BCUT2D eigenvalue weighted by Crippen LogP contribution is -2.34. The second-order valence-electron chi connectivity index (χ2n) is 5.38. The van der Waals surface area contributed by atoms with E-state index in [1.54, 1.807) is 5.56 Å². The number of hydrogen-bond donors (Lipinski definition) is 1. The Hall–Kier alpha value is -0.0300. The molecule has 1 aromatic rings. The van der Waals surface area contributed by atoms with Crippen molar-refractivity contribution in [3.63, 3.8) is 0 Å². The lowest BCUT2D eigenvalue weighted by atomic mass is 10.1. The predicted octanol–water partition coefficient (Wildman–Crippen LogP) is 3.36. The first-order valence-electron chi connectivity index (χ1n) is 7.03. The third-order valence-corrected chi connectivity index (χ3v) is 6.27. The zero-order chi connectivity index (χ0) is 12.4. The molecule has 3 rings (SSSR count). The first-order chi connectivity index (χ1) is 8.83. The summed E-state index contributed by atoms with van der Waals surface area (Å²) in [4.78, 5) is 2.59. The minimum absolute atomic E-state index is 0.588. The zero-order valence-corrected chi connectivity index (χ0v) is 12.7. The topological polar surface area (TPSA) is 15.3 Å². The number of rotatable bonds is 4. The average molecular weight is 282 g/mol. The molecule has 1 unspecified atom stereocenters. The lowest BCUT2D eigenvalue weighted by Gasteiger charge is -2.28. The van der Waals surface area contributed by atoms with Crippen molar-refractivity contribution >= 4 is 23.1 Å². The third kappa shape index (κ3) is 2.93. The third-order valence-electron chi connectivity index (χ3n) is 3.93. The molecule has 1 saturated heterocycles. The van der Waals surface area contributed by atoms with Gasteiger partial charge in [-0.1, -0.05) is 6.92 Å². The Kier molecular flexibility index (Phi) is 4.29. The monoisotopic (exact) mass is 282 g/mol. The van der Waals surface area contributed by atoms with Crippen LogP contribution in [0.5, 0.6) is 0 Å². The van der Waals surface area contributed by atoms with Gasteiger partial charge in [0.15, 0.2) is 0 Å². The molecule has 0 aliphatic carbocycles. The van der Waals surface area contributed by atoms with E-state index in [-0.39, 0.29) is 0 Å². The van der Waals surface area contributed by atoms with Gasteiger partial charge in [-0.3, -0.25) is 0 Å². The first-order valence-corrected chi connectivity index (χ1v) is 8.78. The molecule has 18 heavy (non-hydrogen) atoms. The van der Waals surface area contributed by atoms with Gasteiger partial charge in [0.2, 0.25) is 0 Å². The molecule has 2 aliphatic rings. The standard InChI is InChI=1S/C14H22N2S2/c1-11-10-13(12-4-9-17-14(12)18-11)15-5-8-16-6-2-3-7-16/h4,9,11,13,15H,2-3,5-8,10H2,1H3/t11-,13?/m0/s1. The van der Waals surface area contributed by atoms with E-state index in [0.29, 0.717) is 6.04 Å². The molecule has 1 N–H and O–H groups in total. The van der Waals surface area contributed by atoms with Gasteiger partial charge in [-0.2, -0.15) is 0 Å².